The first-order valence-electron chi connectivity index (χ1n) is 4.60. The number of hydrogen-bond acceptors (Lipinski definition) is 3. The lowest BCUT2D eigenvalue weighted by Gasteiger charge is -2.06. The Labute approximate surface area is 119 Å². The molecule has 0 saturated heterocycles. The first kappa shape index (κ1) is 12.9. The average molecular weight is 378 g/mol. The maximum Gasteiger partial charge on any atom is 0.138 e. The van der Waals surface area contributed by atoms with Crippen molar-refractivity contribution in [2.75, 3.05) is 5.73 Å². The van der Waals surface area contributed by atoms with Gasteiger partial charge in [-0.2, -0.15) is 0 Å². The van der Waals surface area contributed by atoms with Crippen LogP contribution in [0.15, 0.2) is 49.3 Å². The third-order valence-corrected chi connectivity index (χ3v) is 4.07. The third kappa shape index (κ3) is 3.20. The smallest absolute Gasteiger partial charge is 0.138 e. The van der Waals surface area contributed by atoms with Crippen molar-refractivity contribution in [1.82, 2.24) is 4.98 Å². The van der Waals surface area contributed by atoms with E-state index in [0.29, 0.717) is 15.1 Å². The lowest BCUT2D eigenvalue weighted by Crippen LogP contribution is -1.91. The number of rotatable bonds is 2. The first-order valence-corrected chi connectivity index (χ1v) is 7.00. The topological polar surface area (TPSA) is 38.9 Å². The highest BCUT2D eigenvalue weighted by Gasteiger charge is 2.08. The zero-order valence-corrected chi connectivity index (χ0v) is 12.4. The van der Waals surface area contributed by atoms with Gasteiger partial charge >= 0.3 is 0 Å². The molecule has 0 aliphatic carbocycles. The van der Waals surface area contributed by atoms with Gasteiger partial charge in [0, 0.05) is 21.3 Å². The Balaban J connectivity index is 2.30. The average Bonchev–Trinajstić information content (AvgIpc) is 2.29. The number of halogens is 3. The molecule has 0 aliphatic rings. The molecule has 1 aromatic carbocycles. The van der Waals surface area contributed by atoms with E-state index in [2.05, 4.69) is 36.8 Å². The molecule has 0 radical (unpaired) electrons. The Bertz CT molecular complexity index is 546. The SMILES string of the molecule is Nc1cc(Br)c(F)cc1Sc1ccc(Br)cn1. The van der Waals surface area contributed by atoms with E-state index in [1.54, 1.807) is 12.3 Å². The highest BCUT2D eigenvalue weighted by Crippen LogP contribution is 2.34. The molecule has 0 unspecified atom stereocenters. The lowest BCUT2D eigenvalue weighted by molar-refractivity contribution is 0.618. The number of pyridine rings is 1. The van der Waals surface area contributed by atoms with Crippen LogP contribution in [-0.4, -0.2) is 4.98 Å². The summed E-state index contributed by atoms with van der Waals surface area (Å²) < 4.78 is 14.6. The highest BCUT2D eigenvalue weighted by molar-refractivity contribution is 9.10. The van der Waals surface area contributed by atoms with Gasteiger partial charge in [0.1, 0.15) is 10.8 Å². The molecule has 0 fully saturated rings. The van der Waals surface area contributed by atoms with Gasteiger partial charge in [0.25, 0.3) is 0 Å². The number of benzene rings is 1. The van der Waals surface area contributed by atoms with E-state index < -0.39 is 0 Å². The summed E-state index contributed by atoms with van der Waals surface area (Å²) in [4.78, 5) is 4.85. The molecule has 0 spiro atoms. The summed E-state index contributed by atoms with van der Waals surface area (Å²) in [5, 5.41) is 0.765. The molecule has 0 amide bonds. The molecule has 0 atom stereocenters. The predicted octanol–water partition coefficient (Wildman–Crippen LogP) is 4.48. The van der Waals surface area contributed by atoms with E-state index in [9.17, 15) is 4.39 Å². The van der Waals surface area contributed by atoms with Crippen molar-refractivity contribution in [2.24, 2.45) is 0 Å². The van der Waals surface area contributed by atoms with Crippen molar-refractivity contribution in [3.8, 4) is 0 Å². The molecule has 0 bridgehead atoms. The van der Waals surface area contributed by atoms with Gasteiger partial charge in [0.05, 0.1) is 4.47 Å². The Morgan fingerprint density at radius 1 is 1.24 bits per heavy atom. The molecule has 6 heteroatoms. The van der Waals surface area contributed by atoms with Gasteiger partial charge in [-0.25, -0.2) is 9.37 Å². The van der Waals surface area contributed by atoms with E-state index >= 15 is 0 Å². The molecule has 17 heavy (non-hydrogen) atoms. The third-order valence-electron chi connectivity index (χ3n) is 1.97. The van der Waals surface area contributed by atoms with Gasteiger partial charge in [-0.15, -0.1) is 0 Å². The summed E-state index contributed by atoms with van der Waals surface area (Å²) in [7, 11) is 0. The van der Waals surface area contributed by atoms with Crippen LogP contribution in [-0.2, 0) is 0 Å². The van der Waals surface area contributed by atoms with Gasteiger partial charge in [0.15, 0.2) is 0 Å². The summed E-state index contributed by atoms with van der Waals surface area (Å²) >= 11 is 7.72. The molecule has 0 aliphatic heterocycles. The van der Waals surface area contributed by atoms with E-state index in [4.69, 9.17) is 5.73 Å². The monoisotopic (exact) mass is 376 g/mol. The maximum atomic E-state index is 13.4. The van der Waals surface area contributed by atoms with Gasteiger partial charge < -0.3 is 5.73 Å². The predicted molar refractivity (Wildman–Crippen MR) is 74.6 cm³/mol. The lowest BCUT2D eigenvalue weighted by atomic mass is 10.3. The van der Waals surface area contributed by atoms with Crippen LogP contribution in [0.5, 0.6) is 0 Å². The summed E-state index contributed by atoms with van der Waals surface area (Å²) in [6, 6.07) is 6.67. The fourth-order valence-electron chi connectivity index (χ4n) is 1.17. The van der Waals surface area contributed by atoms with Crippen molar-refractivity contribution in [2.45, 2.75) is 9.92 Å². The van der Waals surface area contributed by atoms with Crippen LogP contribution >= 0.6 is 43.6 Å². The largest absolute Gasteiger partial charge is 0.398 e. The molecule has 88 valence electrons. The van der Waals surface area contributed by atoms with Crippen LogP contribution in [0.1, 0.15) is 0 Å². The summed E-state index contributed by atoms with van der Waals surface area (Å²) in [6.45, 7) is 0. The zero-order chi connectivity index (χ0) is 12.4. The second-order valence-electron chi connectivity index (χ2n) is 3.22. The number of anilines is 1. The number of nitrogens with two attached hydrogens (primary N) is 1. The Morgan fingerprint density at radius 3 is 2.65 bits per heavy atom. The summed E-state index contributed by atoms with van der Waals surface area (Å²) in [5.74, 6) is -0.334. The van der Waals surface area contributed by atoms with Crippen molar-refractivity contribution < 1.29 is 4.39 Å². The number of aromatic nitrogens is 1. The second-order valence-corrected chi connectivity index (χ2v) is 6.05. The molecule has 1 aromatic heterocycles. The quantitative estimate of drug-likeness (QED) is 0.784. The van der Waals surface area contributed by atoms with Crippen LogP contribution in [0.2, 0.25) is 0 Å². The van der Waals surface area contributed by atoms with Crippen LogP contribution in [0, 0.1) is 5.82 Å². The van der Waals surface area contributed by atoms with Crippen molar-refractivity contribution in [1.29, 1.82) is 0 Å². The van der Waals surface area contributed by atoms with Crippen molar-refractivity contribution in [3.05, 3.63) is 45.2 Å². The van der Waals surface area contributed by atoms with Gasteiger partial charge in [0.2, 0.25) is 0 Å². The second kappa shape index (κ2) is 5.37. The van der Waals surface area contributed by atoms with Crippen LogP contribution < -0.4 is 5.73 Å². The molecule has 2 rings (SSSR count). The zero-order valence-electron chi connectivity index (χ0n) is 8.45. The van der Waals surface area contributed by atoms with Crippen molar-refractivity contribution >= 4 is 49.3 Å². The van der Waals surface area contributed by atoms with E-state index in [-0.39, 0.29) is 5.82 Å². The number of hydrogen-bond donors (Lipinski definition) is 1. The Hall–Kier alpha value is -0.590. The minimum Gasteiger partial charge on any atom is -0.398 e. The van der Waals surface area contributed by atoms with Crippen molar-refractivity contribution in [3.63, 3.8) is 0 Å². The molecule has 0 saturated carbocycles. The number of nitrogens with zero attached hydrogens (tertiary/aromatic N) is 1. The standard InChI is InChI=1S/C11H7Br2FN2S/c12-6-1-2-11(16-5-6)17-10-4-8(14)7(13)3-9(10)15/h1-5H,15H2. The van der Waals surface area contributed by atoms with Gasteiger partial charge in [-0.05, 0) is 56.1 Å². The van der Waals surface area contributed by atoms with Crippen LogP contribution in [0.3, 0.4) is 0 Å². The fraction of sp³-hybridized carbons (Fsp3) is 0. The molecular formula is C11H7Br2FN2S. The van der Waals surface area contributed by atoms with Gasteiger partial charge in [-0.3, -0.25) is 0 Å². The summed E-state index contributed by atoms with van der Waals surface area (Å²) in [5.41, 5.74) is 6.33. The van der Waals surface area contributed by atoms with Gasteiger partial charge in [-0.1, -0.05) is 11.8 Å². The highest BCUT2D eigenvalue weighted by atomic mass is 79.9. The Morgan fingerprint density at radius 2 is 2.00 bits per heavy atom. The Kier molecular flexibility index (Phi) is 4.06. The molecular weight excluding hydrogens is 371 g/mol. The van der Waals surface area contributed by atoms with Crippen LogP contribution in [0.25, 0.3) is 0 Å². The van der Waals surface area contributed by atoms with E-state index in [1.807, 2.05) is 12.1 Å². The minimum atomic E-state index is -0.334. The number of nitrogen functional groups attached to an aromatic ring is 1. The summed E-state index contributed by atoms with van der Waals surface area (Å²) in [6.07, 6.45) is 1.69. The molecule has 2 N–H and O–H groups in total. The van der Waals surface area contributed by atoms with Crippen LogP contribution in [0.4, 0.5) is 10.1 Å². The molecule has 2 nitrogen and oxygen atoms in total. The molecule has 1 heterocycles. The normalized spacial score (nSPS) is 10.5. The minimum absolute atomic E-state index is 0.334. The first-order chi connectivity index (χ1) is 8.06. The maximum absolute atomic E-state index is 13.4. The molecule has 2 aromatic rings. The van der Waals surface area contributed by atoms with E-state index in [1.165, 1.54) is 17.8 Å². The van der Waals surface area contributed by atoms with E-state index in [0.717, 1.165) is 9.50 Å². The fourth-order valence-corrected chi connectivity index (χ4v) is 2.57.